The Balaban J connectivity index is 1.63. The fourth-order valence-electron chi connectivity index (χ4n) is 2.47. The maximum Gasteiger partial charge on any atom is 0.264 e. The number of nitrogens with one attached hydrogen (secondary N) is 2. The van der Waals surface area contributed by atoms with E-state index < -0.39 is 0 Å². The van der Waals surface area contributed by atoms with Gasteiger partial charge in [0.05, 0.1) is 23.0 Å². The van der Waals surface area contributed by atoms with Gasteiger partial charge < -0.3 is 10.1 Å². The first-order valence-corrected chi connectivity index (χ1v) is 8.41. The van der Waals surface area contributed by atoms with Crippen LogP contribution in [0.3, 0.4) is 0 Å². The van der Waals surface area contributed by atoms with Crippen LogP contribution >= 0.6 is 11.3 Å². The van der Waals surface area contributed by atoms with Crippen LogP contribution in [0.2, 0.25) is 0 Å². The number of rotatable bonds is 4. The highest BCUT2D eigenvalue weighted by molar-refractivity contribution is 7.22. The SMILES string of the molecule is COc1ccc2nc(Nc3cccc(-c4ccc(=O)[nH]n4)c3)sc2c1. The molecule has 0 radical (unpaired) electrons. The molecule has 0 aliphatic heterocycles. The first-order chi connectivity index (χ1) is 12.2. The number of H-pyrrole nitrogens is 1. The quantitative estimate of drug-likeness (QED) is 0.585. The molecule has 6 nitrogen and oxygen atoms in total. The molecule has 7 heteroatoms. The summed E-state index contributed by atoms with van der Waals surface area (Å²) in [4.78, 5) is 15.7. The molecule has 0 saturated carbocycles. The van der Waals surface area contributed by atoms with E-state index >= 15 is 0 Å². The Kier molecular flexibility index (Phi) is 3.91. The molecular formula is C18H14N4O2S. The normalized spacial score (nSPS) is 10.8. The lowest BCUT2D eigenvalue weighted by Gasteiger charge is -2.05. The van der Waals surface area contributed by atoms with Crippen molar-refractivity contribution >= 4 is 32.4 Å². The molecular weight excluding hydrogens is 336 g/mol. The number of benzene rings is 2. The Bertz CT molecular complexity index is 1080. The third-order valence-corrected chi connectivity index (χ3v) is 4.62. The van der Waals surface area contributed by atoms with E-state index in [0.29, 0.717) is 5.69 Å². The van der Waals surface area contributed by atoms with Gasteiger partial charge in [0, 0.05) is 17.3 Å². The second-order valence-corrected chi connectivity index (χ2v) is 6.40. The average molecular weight is 350 g/mol. The average Bonchev–Trinajstić information content (AvgIpc) is 3.03. The lowest BCUT2D eigenvalue weighted by atomic mass is 10.1. The second kappa shape index (κ2) is 6.37. The maximum absolute atomic E-state index is 11.1. The van der Waals surface area contributed by atoms with Gasteiger partial charge in [0.2, 0.25) is 0 Å². The van der Waals surface area contributed by atoms with Crippen LogP contribution in [-0.4, -0.2) is 22.3 Å². The number of nitrogens with zero attached hydrogens (tertiary/aromatic N) is 2. The summed E-state index contributed by atoms with van der Waals surface area (Å²) in [6.07, 6.45) is 0. The number of hydrogen-bond acceptors (Lipinski definition) is 6. The van der Waals surface area contributed by atoms with Gasteiger partial charge in [-0.15, -0.1) is 0 Å². The summed E-state index contributed by atoms with van der Waals surface area (Å²) >= 11 is 1.56. The summed E-state index contributed by atoms with van der Waals surface area (Å²) < 4.78 is 6.31. The monoisotopic (exact) mass is 350 g/mol. The first-order valence-electron chi connectivity index (χ1n) is 7.59. The van der Waals surface area contributed by atoms with Gasteiger partial charge in [-0.25, -0.2) is 10.1 Å². The van der Waals surface area contributed by atoms with Crippen LogP contribution in [0, 0.1) is 0 Å². The van der Waals surface area contributed by atoms with E-state index in [0.717, 1.165) is 32.3 Å². The number of hydrogen-bond donors (Lipinski definition) is 2. The Labute approximate surface area is 147 Å². The van der Waals surface area contributed by atoms with Crippen molar-refractivity contribution in [3.05, 3.63) is 65.0 Å². The summed E-state index contributed by atoms with van der Waals surface area (Å²) in [7, 11) is 1.65. The fraction of sp³-hybridized carbons (Fsp3) is 0.0556. The predicted octanol–water partition coefficient (Wildman–Crippen LogP) is 3.80. The lowest BCUT2D eigenvalue weighted by Crippen LogP contribution is -2.05. The van der Waals surface area contributed by atoms with Crippen LogP contribution in [0.25, 0.3) is 21.5 Å². The van der Waals surface area contributed by atoms with Crippen LogP contribution in [0.4, 0.5) is 10.8 Å². The van der Waals surface area contributed by atoms with Gasteiger partial charge >= 0.3 is 0 Å². The Morgan fingerprint density at radius 3 is 2.84 bits per heavy atom. The minimum Gasteiger partial charge on any atom is -0.497 e. The minimum absolute atomic E-state index is 0.220. The van der Waals surface area contributed by atoms with Gasteiger partial charge in [-0.1, -0.05) is 23.5 Å². The maximum atomic E-state index is 11.1. The van der Waals surface area contributed by atoms with Crippen LogP contribution in [0.1, 0.15) is 0 Å². The summed E-state index contributed by atoms with van der Waals surface area (Å²) in [6, 6.07) is 16.8. The zero-order valence-electron chi connectivity index (χ0n) is 13.3. The molecule has 0 bridgehead atoms. The fourth-order valence-corrected chi connectivity index (χ4v) is 3.38. The zero-order chi connectivity index (χ0) is 17.2. The van der Waals surface area contributed by atoms with Crippen molar-refractivity contribution in [2.75, 3.05) is 12.4 Å². The van der Waals surface area contributed by atoms with Gasteiger partial charge in [0.25, 0.3) is 5.56 Å². The molecule has 0 spiro atoms. The van der Waals surface area contributed by atoms with Crippen molar-refractivity contribution in [2.24, 2.45) is 0 Å². The molecule has 2 aromatic carbocycles. The smallest absolute Gasteiger partial charge is 0.264 e. The molecule has 0 fully saturated rings. The number of methoxy groups -OCH3 is 1. The molecule has 4 rings (SSSR count). The van der Waals surface area contributed by atoms with E-state index in [1.807, 2.05) is 42.5 Å². The van der Waals surface area contributed by atoms with Gasteiger partial charge in [-0.05, 0) is 36.4 Å². The van der Waals surface area contributed by atoms with Crippen molar-refractivity contribution in [1.29, 1.82) is 0 Å². The molecule has 25 heavy (non-hydrogen) atoms. The largest absolute Gasteiger partial charge is 0.497 e. The molecule has 124 valence electrons. The lowest BCUT2D eigenvalue weighted by molar-refractivity contribution is 0.415. The molecule has 2 heterocycles. The van der Waals surface area contributed by atoms with Crippen molar-refractivity contribution in [3.8, 4) is 17.0 Å². The highest BCUT2D eigenvalue weighted by Gasteiger charge is 2.07. The highest BCUT2D eigenvalue weighted by atomic mass is 32.1. The molecule has 0 aliphatic carbocycles. The first kappa shape index (κ1) is 15.3. The van der Waals surface area contributed by atoms with E-state index in [1.165, 1.54) is 6.07 Å². The Hall–Kier alpha value is -3.19. The molecule has 0 unspecified atom stereocenters. The van der Waals surface area contributed by atoms with Crippen molar-refractivity contribution < 1.29 is 4.74 Å². The van der Waals surface area contributed by atoms with Gasteiger partial charge in [0.1, 0.15) is 5.75 Å². The molecule has 2 N–H and O–H groups in total. The zero-order valence-corrected chi connectivity index (χ0v) is 14.1. The third kappa shape index (κ3) is 3.22. The Morgan fingerprint density at radius 2 is 2.04 bits per heavy atom. The van der Waals surface area contributed by atoms with Crippen LogP contribution in [0.5, 0.6) is 5.75 Å². The molecule has 0 aliphatic rings. The van der Waals surface area contributed by atoms with E-state index in [-0.39, 0.29) is 5.56 Å². The number of aromatic nitrogens is 3. The molecule has 0 amide bonds. The number of fused-ring (bicyclic) bond motifs is 1. The standard InChI is InChI=1S/C18H14N4O2S/c1-24-13-5-6-15-16(10-13)25-18(20-15)19-12-4-2-3-11(9-12)14-7-8-17(23)22-21-14/h2-10H,1H3,(H,19,20)(H,22,23). The van der Waals surface area contributed by atoms with E-state index in [9.17, 15) is 4.79 Å². The van der Waals surface area contributed by atoms with Crippen LogP contribution in [-0.2, 0) is 0 Å². The number of aromatic amines is 1. The van der Waals surface area contributed by atoms with Crippen molar-refractivity contribution in [1.82, 2.24) is 15.2 Å². The number of anilines is 2. The molecule has 4 aromatic rings. The summed E-state index contributed by atoms with van der Waals surface area (Å²) in [5, 5.41) is 10.6. The van der Waals surface area contributed by atoms with Gasteiger partial charge in [-0.3, -0.25) is 4.79 Å². The molecule has 0 atom stereocenters. The van der Waals surface area contributed by atoms with Gasteiger partial charge in [0.15, 0.2) is 5.13 Å². The van der Waals surface area contributed by atoms with E-state index in [4.69, 9.17) is 4.74 Å². The van der Waals surface area contributed by atoms with Crippen LogP contribution in [0.15, 0.2) is 59.4 Å². The number of thiazole rings is 1. The molecule has 0 saturated heterocycles. The van der Waals surface area contributed by atoms with Crippen molar-refractivity contribution in [3.63, 3.8) is 0 Å². The molecule has 2 aromatic heterocycles. The Morgan fingerprint density at radius 1 is 1.12 bits per heavy atom. The second-order valence-electron chi connectivity index (χ2n) is 5.36. The highest BCUT2D eigenvalue weighted by Crippen LogP contribution is 2.31. The number of ether oxygens (including phenoxy) is 1. The van der Waals surface area contributed by atoms with E-state index in [1.54, 1.807) is 24.5 Å². The van der Waals surface area contributed by atoms with E-state index in [2.05, 4.69) is 20.5 Å². The van der Waals surface area contributed by atoms with Crippen molar-refractivity contribution in [2.45, 2.75) is 0 Å². The topological polar surface area (TPSA) is 79.9 Å². The van der Waals surface area contributed by atoms with Crippen LogP contribution < -0.4 is 15.6 Å². The summed E-state index contributed by atoms with van der Waals surface area (Å²) in [5.41, 5.74) is 3.22. The summed E-state index contributed by atoms with van der Waals surface area (Å²) in [5.74, 6) is 0.814. The minimum atomic E-state index is -0.220. The third-order valence-electron chi connectivity index (χ3n) is 3.68. The van der Waals surface area contributed by atoms with Gasteiger partial charge in [-0.2, -0.15) is 5.10 Å². The predicted molar refractivity (Wildman–Crippen MR) is 99.7 cm³/mol. The summed E-state index contributed by atoms with van der Waals surface area (Å²) in [6.45, 7) is 0.